The van der Waals surface area contributed by atoms with Gasteiger partial charge in [0.2, 0.25) is 0 Å². The molecule has 0 atom stereocenters. The summed E-state index contributed by atoms with van der Waals surface area (Å²) in [6, 6.07) is 29.2. The van der Waals surface area contributed by atoms with Gasteiger partial charge in [-0.25, -0.2) is 0 Å². The lowest BCUT2D eigenvalue weighted by atomic mass is 10.1. The third kappa shape index (κ3) is 4.66. The fourth-order valence-corrected chi connectivity index (χ4v) is 4.52. The number of rotatable bonds is 7. The second-order valence-electron chi connectivity index (χ2n) is 8.65. The number of fused-ring (bicyclic) bond motifs is 2. The molecule has 1 N–H and O–H groups in total. The van der Waals surface area contributed by atoms with E-state index in [1.165, 1.54) is 16.3 Å². The highest BCUT2D eigenvalue weighted by Crippen LogP contribution is 2.25. The van der Waals surface area contributed by atoms with Crippen molar-refractivity contribution < 1.29 is 19.4 Å². The van der Waals surface area contributed by atoms with Crippen molar-refractivity contribution in [2.75, 3.05) is 6.61 Å². The summed E-state index contributed by atoms with van der Waals surface area (Å²) in [7, 11) is 0. The molecule has 5 aromatic rings. The first-order chi connectivity index (χ1) is 17.0. The lowest BCUT2D eigenvalue weighted by molar-refractivity contribution is -0.136. The molecule has 5 rings (SSSR count). The van der Waals surface area contributed by atoms with Crippen molar-refractivity contribution in [2.45, 2.75) is 19.8 Å². The van der Waals surface area contributed by atoms with Gasteiger partial charge in [0.15, 0.2) is 0 Å². The molecule has 1 heterocycles. The summed E-state index contributed by atoms with van der Waals surface area (Å²) >= 11 is 0. The Balaban J connectivity index is 1.28. The van der Waals surface area contributed by atoms with Crippen molar-refractivity contribution in [1.82, 2.24) is 4.57 Å². The van der Waals surface area contributed by atoms with Crippen LogP contribution < -0.4 is 4.74 Å². The van der Waals surface area contributed by atoms with E-state index < -0.39 is 5.97 Å². The van der Waals surface area contributed by atoms with Crippen LogP contribution in [0, 0.1) is 6.92 Å². The van der Waals surface area contributed by atoms with E-state index in [0.29, 0.717) is 29.0 Å². The molecule has 0 amide bonds. The van der Waals surface area contributed by atoms with E-state index >= 15 is 0 Å². The Morgan fingerprint density at radius 1 is 0.857 bits per heavy atom. The Labute approximate surface area is 203 Å². The SMILES string of the molecule is Cc1cc2c(CC(=O)O)cccc2n1C(=O)c1ccc(OCCc2ccc3ccccc3c2)cc1. The Morgan fingerprint density at radius 2 is 1.63 bits per heavy atom. The van der Waals surface area contributed by atoms with Gasteiger partial charge >= 0.3 is 5.97 Å². The number of benzene rings is 4. The molecule has 174 valence electrons. The quantitative estimate of drug-likeness (QED) is 0.320. The molecule has 0 bridgehead atoms. The number of hydrogen-bond acceptors (Lipinski definition) is 3. The summed E-state index contributed by atoms with van der Waals surface area (Å²) in [4.78, 5) is 24.5. The molecule has 1 aromatic heterocycles. The molecule has 4 aromatic carbocycles. The fourth-order valence-electron chi connectivity index (χ4n) is 4.52. The molecule has 0 aliphatic rings. The summed E-state index contributed by atoms with van der Waals surface area (Å²) in [5.41, 5.74) is 3.92. The molecule has 35 heavy (non-hydrogen) atoms. The van der Waals surface area contributed by atoms with E-state index in [1.807, 2.05) is 43.3 Å². The van der Waals surface area contributed by atoms with Crippen LogP contribution in [-0.4, -0.2) is 28.2 Å². The third-order valence-corrected chi connectivity index (χ3v) is 6.24. The molecule has 0 saturated heterocycles. The van der Waals surface area contributed by atoms with Gasteiger partial charge in [0.05, 0.1) is 18.5 Å². The lowest BCUT2D eigenvalue weighted by Crippen LogP contribution is -2.13. The molecular weight excluding hydrogens is 438 g/mol. The summed E-state index contributed by atoms with van der Waals surface area (Å²) in [6.07, 6.45) is 0.707. The molecule has 0 radical (unpaired) electrons. The fraction of sp³-hybridized carbons (Fsp3) is 0.133. The van der Waals surface area contributed by atoms with Gasteiger partial charge in [-0.2, -0.15) is 0 Å². The van der Waals surface area contributed by atoms with Crippen molar-refractivity contribution in [3.8, 4) is 5.75 Å². The van der Waals surface area contributed by atoms with Gasteiger partial charge in [-0.1, -0.05) is 54.6 Å². The second-order valence-corrected chi connectivity index (χ2v) is 8.65. The predicted octanol–water partition coefficient (Wildman–Crippen LogP) is 6.04. The number of ether oxygens (including phenoxy) is 1. The topological polar surface area (TPSA) is 68.5 Å². The Morgan fingerprint density at radius 3 is 2.40 bits per heavy atom. The number of aliphatic carboxylic acids is 1. The van der Waals surface area contributed by atoms with Gasteiger partial charge in [0.25, 0.3) is 5.91 Å². The van der Waals surface area contributed by atoms with Gasteiger partial charge in [-0.15, -0.1) is 0 Å². The van der Waals surface area contributed by atoms with Crippen LogP contribution in [0.25, 0.3) is 21.7 Å². The average molecular weight is 464 g/mol. The van der Waals surface area contributed by atoms with Crippen molar-refractivity contribution >= 4 is 33.6 Å². The normalized spacial score (nSPS) is 11.1. The van der Waals surface area contributed by atoms with Crippen molar-refractivity contribution in [1.29, 1.82) is 0 Å². The average Bonchev–Trinajstić information content (AvgIpc) is 3.20. The van der Waals surface area contributed by atoms with E-state index in [4.69, 9.17) is 4.74 Å². The monoisotopic (exact) mass is 463 g/mol. The molecule has 5 heteroatoms. The van der Waals surface area contributed by atoms with E-state index in [1.54, 1.807) is 28.8 Å². The molecule has 0 unspecified atom stereocenters. The maximum absolute atomic E-state index is 13.3. The minimum absolute atomic E-state index is 0.0831. The summed E-state index contributed by atoms with van der Waals surface area (Å²) in [5.74, 6) is -0.349. The zero-order valence-corrected chi connectivity index (χ0v) is 19.4. The molecule has 0 spiro atoms. The van der Waals surface area contributed by atoms with Crippen molar-refractivity contribution in [3.63, 3.8) is 0 Å². The molecule has 0 fully saturated rings. The standard InChI is InChI=1S/C30H25NO4/c1-20-17-27-25(19-29(32)33)7-4-8-28(27)31(20)30(34)23-11-13-26(14-12-23)35-16-15-21-9-10-22-5-2-3-6-24(22)18-21/h2-14,17-18H,15-16,19H2,1H3,(H,32,33). The Hall–Kier alpha value is -4.38. The van der Waals surface area contributed by atoms with Crippen LogP contribution in [0.3, 0.4) is 0 Å². The number of carboxylic acids is 1. The van der Waals surface area contributed by atoms with E-state index in [-0.39, 0.29) is 12.3 Å². The summed E-state index contributed by atoms with van der Waals surface area (Å²) in [5, 5.41) is 12.4. The van der Waals surface area contributed by atoms with Crippen LogP contribution in [0.5, 0.6) is 5.75 Å². The largest absolute Gasteiger partial charge is 0.493 e. The number of hydrogen-bond donors (Lipinski definition) is 1. The van der Waals surface area contributed by atoms with Crippen LogP contribution in [0.1, 0.15) is 27.2 Å². The lowest BCUT2D eigenvalue weighted by Gasteiger charge is -2.10. The highest BCUT2D eigenvalue weighted by molar-refractivity contribution is 6.04. The zero-order chi connectivity index (χ0) is 24.4. The molecule has 0 aliphatic heterocycles. The summed E-state index contributed by atoms with van der Waals surface area (Å²) < 4.78 is 7.56. The first kappa shape index (κ1) is 22.4. The number of aryl methyl sites for hydroxylation is 1. The summed E-state index contributed by atoms with van der Waals surface area (Å²) in [6.45, 7) is 2.39. The van der Waals surface area contributed by atoms with Gasteiger partial charge in [0.1, 0.15) is 5.75 Å². The minimum Gasteiger partial charge on any atom is -0.493 e. The van der Waals surface area contributed by atoms with Gasteiger partial charge in [-0.3, -0.25) is 14.2 Å². The number of carboxylic acid groups (broad SMARTS) is 1. The van der Waals surface area contributed by atoms with Crippen LogP contribution in [0.15, 0.2) is 91.0 Å². The Kier molecular flexibility index (Phi) is 6.06. The molecule has 5 nitrogen and oxygen atoms in total. The van der Waals surface area contributed by atoms with E-state index in [0.717, 1.165) is 17.5 Å². The highest BCUT2D eigenvalue weighted by atomic mass is 16.5. The maximum atomic E-state index is 13.3. The van der Waals surface area contributed by atoms with Crippen molar-refractivity contribution in [3.05, 3.63) is 113 Å². The third-order valence-electron chi connectivity index (χ3n) is 6.24. The van der Waals surface area contributed by atoms with Gasteiger partial charge < -0.3 is 9.84 Å². The molecule has 0 aliphatic carbocycles. The van der Waals surface area contributed by atoms with Crippen molar-refractivity contribution in [2.24, 2.45) is 0 Å². The second kappa shape index (κ2) is 9.47. The number of carbonyl (C=O) groups is 2. The maximum Gasteiger partial charge on any atom is 0.307 e. The predicted molar refractivity (Wildman–Crippen MR) is 137 cm³/mol. The molecular formula is C30H25NO4. The highest BCUT2D eigenvalue weighted by Gasteiger charge is 2.17. The van der Waals surface area contributed by atoms with Gasteiger partial charge in [0, 0.05) is 23.1 Å². The molecule has 0 saturated carbocycles. The number of aromatic nitrogens is 1. The van der Waals surface area contributed by atoms with Crippen LogP contribution in [0.4, 0.5) is 0 Å². The number of carbonyl (C=O) groups excluding carboxylic acids is 1. The first-order valence-corrected chi connectivity index (χ1v) is 11.6. The number of nitrogens with zero attached hydrogens (tertiary/aromatic N) is 1. The Bertz CT molecular complexity index is 1550. The minimum atomic E-state index is -0.898. The van der Waals surface area contributed by atoms with Crippen LogP contribution in [-0.2, 0) is 17.6 Å². The zero-order valence-electron chi connectivity index (χ0n) is 19.4. The van der Waals surface area contributed by atoms with Gasteiger partial charge in [-0.05, 0) is 65.2 Å². The smallest absolute Gasteiger partial charge is 0.307 e. The van der Waals surface area contributed by atoms with Crippen LogP contribution >= 0.6 is 0 Å². The van der Waals surface area contributed by atoms with Crippen LogP contribution in [0.2, 0.25) is 0 Å². The first-order valence-electron chi connectivity index (χ1n) is 11.6. The van der Waals surface area contributed by atoms with E-state index in [9.17, 15) is 14.7 Å². The van der Waals surface area contributed by atoms with E-state index in [2.05, 4.69) is 30.3 Å².